The van der Waals surface area contributed by atoms with E-state index >= 15 is 0 Å². The van der Waals surface area contributed by atoms with E-state index in [-0.39, 0.29) is 29.5 Å². The van der Waals surface area contributed by atoms with Crippen molar-refractivity contribution < 1.29 is 26.0 Å². The maximum atomic E-state index is 13.1. The van der Waals surface area contributed by atoms with Crippen LogP contribution in [-0.4, -0.2) is 40.8 Å². The quantitative estimate of drug-likeness (QED) is 0.831. The molecule has 3 rings (SSSR count). The lowest BCUT2D eigenvalue weighted by Crippen LogP contribution is -2.42. The molecule has 26 heavy (non-hydrogen) atoms. The maximum absolute atomic E-state index is 13.1. The smallest absolute Gasteiger partial charge is 0.243 e. The van der Waals surface area contributed by atoms with Gasteiger partial charge in [-0.15, -0.1) is 0 Å². The molecule has 1 aliphatic rings. The van der Waals surface area contributed by atoms with Gasteiger partial charge in [-0.2, -0.15) is 4.31 Å². The fraction of sp³-hybridized carbons (Fsp3) is 0.250. The van der Waals surface area contributed by atoms with E-state index in [4.69, 9.17) is 9.88 Å². The van der Waals surface area contributed by atoms with E-state index in [1.165, 1.54) is 46.8 Å². The van der Waals surface area contributed by atoms with Gasteiger partial charge in [0.25, 0.3) is 0 Å². The van der Waals surface area contributed by atoms with Gasteiger partial charge in [-0.25, -0.2) is 26.4 Å². The van der Waals surface area contributed by atoms with E-state index in [2.05, 4.69) is 0 Å². The number of ether oxygens (including phenoxy) is 1. The number of rotatable bonds is 4. The number of halogens is 1. The van der Waals surface area contributed by atoms with E-state index in [0.29, 0.717) is 5.56 Å². The molecular weight excluding hydrogens is 383 g/mol. The number of hydrogen-bond donors (Lipinski definition) is 1. The van der Waals surface area contributed by atoms with Crippen molar-refractivity contribution in [1.82, 2.24) is 4.31 Å². The molecule has 1 fully saturated rings. The van der Waals surface area contributed by atoms with Crippen LogP contribution < -0.4 is 5.14 Å². The Morgan fingerprint density at radius 1 is 1.04 bits per heavy atom. The summed E-state index contributed by atoms with van der Waals surface area (Å²) in [5, 5.41) is 5.07. The summed E-state index contributed by atoms with van der Waals surface area (Å²) >= 11 is 0. The lowest BCUT2D eigenvalue weighted by atomic mass is 10.1. The average molecular weight is 400 g/mol. The molecule has 0 spiro atoms. The highest BCUT2D eigenvalue weighted by atomic mass is 32.2. The first-order chi connectivity index (χ1) is 12.2. The Morgan fingerprint density at radius 3 is 2.35 bits per heavy atom. The maximum Gasteiger partial charge on any atom is 0.243 e. The van der Waals surface area contributed by atoms with Crippen molar-refractivity contribution in [3.05, 3.63) is 59.9 Å². The van der Waals surface area contributed by atoms with Gasteiger partial charge in [-0.05, 0) is 35.9 Å². The first-order valence-corrected chi connectivity index (χ1v) is 10.7. The van der Waals surface area contributed by atoms with Gasteiger partial charge >= 0.3 is 0 Å². The summed E-state index contributed by atoms with van der Waals surface area (Å²) in [6.07, 6.45) is -0.541. The third-order valence-corrected chi connectivity index (χ3v) is 6.81. The molecule has 0 bridgehead atoms. The van der Waals surface area contributed by atoms with Crippen LogP contribution in [0.4, 0.5) is 4.39 Å². The minimum Gasteiger partial charge on any atom is -0.371 e. The van der Waals surface area contributed by atoms with Gasteiger partial charge in [0.15, 0.2) is 0 Å². The zero-order chi connectivity index (χ0) is 18.9. The van der Waals surface area contributed by atoms with Crippen LogP contribution in [0, 0.1) is 5.82 Å². The van der Waals surface area contributed by atoms with Crippen LogP contribution in [-0.2, 0) is 24.8 Å². The number of sulfonamides is 2. The number of benzene rings is 2. The molecular formula is C16H17FN2O5S2. The molecule has 0 unspecified atom stereocenters. The molecule has 1 atom stereocenters. The average Bonchev–Trinajstić information content (AvgIpc) is 2.62. The van der Waals surface area contributed by atoms with Crippen LogP contribution in [0.1, 0.15) is 11.7 Å². The molecule has 2 N–H and O–H groups in total. The van der Waals surface area contributed by atoms with Crippen molar-refractivity contribution in [2.45, 2.75) is 15.9 Å². The zero-order valence-corrected chi connectivity index (χ0v) is 15.2. The summed E-state index contributed by atoms with van der Waals surface area (Å²) in [6.45, 7) is 0.323. The minimum absolute atomic E-state index is 0.0353. The number of hydrogen-bond acceptors (Lipinski definition) is 5. The second-order valence-electron chi connectivity index (χ2n) is 5.79. The lowest BCUT2D eigenvalue weighted by molar-refractivity contribution is -0.00259. The fourth-order valence-electron chi connectivity index (χ4n) is 2.68. The van der Waals surface area contributed by atoms with E-state index < -0.39 is 32.0 Å². The summed E-state index contributed by atoms with van der Waals surface area (Å²) in [5.74, 6) is -0.395. The predicted octanol–water partition coefficient (Wildman–Crippen LogP) is 1.24. The Bertz CT molecular complexity index is 1010. The molecule has 1 saturated heterocycles. The topological polar surface area (TPSA) is 107 Å². The predicted molar refractivity (Wildman–Crippen MR) is 91.7 cm³/mol. The Labute approximate surface area is 151 Å². The van der Waals surface area contributed by atoms with E-state index in [0.717, 1.165) is 6.07 Å². The number of nitrogens with zero attached hydrogens (tertiary/aromatic N) is 1. The molecule has 0 amide bonds. The molecule has 2 aromatic carbocycles. The largest absolute Gasteiger partial charge is 0.371 e. The molecule has 10 heteroatoms. The molecule has 0 aromatic heterocycles. The third kappa shape index (κ3) is 3.94. The van der Waals surface area contributed by atoms with E-state index in [9.17, 15) is 21.2 Å². The molecule has 140 valence electrons. The van der Waals surface area contributed by atoms with Crippen LogP contribution in [0.25, 0.3) is 0 Å². The second-order valence-corrected chi connectivity index (χ2v) is 9.29. The van der Waals surface area contributed by atoms with Crippen molar-refractivity contribution in [3.63, 3.8) is 0 Å². The summed E-state index contributed by atoms with van der Waals surface area (Å²) in [7, 11) is -7.95. The highest BCUT2D eigenvalue weighted by molar-refractivity contribution is 7.90. The van der Waals surface area contributed by atoms with Crippen LogP contribution in [0.2, 0.25) is 0 Å². The van der Waals surface area contributed by atoms with Gasteiger partial charge < -0.3 is 4.74 Å². The van der Waals surface area contributed by atoms with E-state index in [1.54, 1.807) is 0 Å². The summed E-state index contributed by atoms with van der Waals surface area (Å²) in [6, 6.07) is 10.5. The normalized spacial score (nSPS) is 19.4. The Balaban J connectivity index is 1.88. The fourth-order valence-corrected chi connectivity index (χ4v) is 4.79. The SMILES string of the molecule is NS(=O)(=O)c1cccc(S(=O)(=O)N2CCO[C@H](c3ccc(F)cc3)C2)c1. The van der Waals surface area contributed by atoms with Crippen LogP contribution in [0.5, 0.6) is 0 Å². The first-order valence-electron chi connectivity index (χ1n) is 7.68. The van der Waals surface area contributed by atoms with E-state index in [1.807, 2.05) is 0 Å². The highest BCUT2D eigenvalue weighted by Gasteiger charge is 2.32. The molecule has 0 saturated carbocycles. The van der Waals surface area contributed by atoms with Crippen molar-refractivity contribution in [2.24, 2.45) is 5.14 Å². The van der Waals surface area contributed by atoms with Gasteiger partial charge in [0.2, 0.25) is 20.0 Å². The summed E-state index contributed by atoms with van der Waals surface area (Å²) in [5.41, 5.74) is 0.657. The Morgan fingerprint density at radius 2 is 1.69 bits per heavy atom. The molecule has 0 aliphatic carbocycles. The Kier molecular flexibility index (Phi) is 5.13. The van der Waals surface area contributed by atoms with Crippen LogP contribution >= 0.6 is 0 Å². The third-order valence-electron chi connectivity index (χ3n) is 4.04. The number of morpholine rings is 1. The van der Waals surface area contributed by atoms with Crippen LogP contribution in [0.3, 0.4) is 0 Å². The van der Waals surface area contributed by atoms with Gasteiger partial charge in [0.1, 0.15) is 5.82 Å². The van der Waals surface area contributed by atoms with Crippen LogP contribution in [0.15, 0.2) is 58.3 Å². The highest BCUT2D eigenvalue weighted by Crippen LogP contribution is 2.27. The monoisotopic (exact) mass is 400 g/mol. The standard InChI is InChI=1S/C16H17FN2O5S2/c17-13-6-4-12(5-7-13)16-11-19(8-9-24-16)26(22,23)15-3-1-2-14(10-15)25(18,20)21/h1-7,10,16H,8-9,11H2,(H2,18,20,21)/t16-/m0/s1. The molecule has 7 nitrogen and oxygen atoms in total. The molecule has 1 heterocycles. The van der Waals surface area contributed by atoms with Gasteiger partial charge in [0.05, 0.1) is 22.5 Å². The first kappa shape index (κ1) is 18.9. The van der Waals surface area contributed by atoms with Crippen molar-refractivity contribution in [1.29, 1.82) is 0 Å². The van der Waals surface area contributed by atoms with Gasteiger partial charge in [-0.1, -0.05) is 18.2 Å². The zero-order valence-electron chi connectivity index (χ0n) is 13.6. The summed E-state index contributed by atoms with van der Waals surface area (Å²) < 4.78 is 68.6. The minimum atomic E-state index is -4.02. The number of primary sulfonamides is 1. The second kappa shape index (κ2) is 7.05. The Hall–Kier alpha value is -1.85. The van der Waals surface area contributed by atoms with Gasteiger partial charge in [-0.3, -0.25) is 0 Å². The summed E-state index contributed by atoms with van der Waals surface area (Å²) in [4.78, 5) is -0.439. The van der Waals surface area contributed by atoms with Crippen molar-refractivity contribution in [3.8, 4) is 0 Å². The molecule has 2 aromatic rings. The molecule has 1 aliphatic heterocycles. The molecule has 0 radical (unpaired) electrons. The van der Waals surface area contributed by atoms with Crippen molar-refractivity contribution >= 4 is 20.0 Å². The number of nitrogens with two attached hydrogens (primary N) is 1. The van der Waals surface area contributed by atoms with Crippen molar-refractivity contribution in [2.75, 3.05) is 19.7 Å². The van der Waals surface area contributed by atoms with Gasteiger partial charge in [0, 0.05) is 13.1 Å². The lowest BCUT2D eigenvalue weighted by Gasteiger charge is -2.32.